The van der Waals surface area contributed by atoms with Crippen LogP contribution >= 0.6 is 15.9 Å². The molecule has 0 spiro atoms. The van der Waals surface area contributed by atoms with Gasteiger partial charge in [-0.25, -0.2) is 15.6 Å². The van der Waals surface area contributed by atoms with Gasteiger partial charge < -0.3 is 25.2 Å². The van der Waals surface area contributed by atoms with E-state index in [2.05, 4.69) is 42.5 Å². The summed E-state index contributed by atoms with van der Waals surface area (Å²) in [7, 11) is 0. The van der Waals surface area contributed by atoms with Gasteiger partial charge in [-0.15, -0.1) is 0 Å². The molecule has 0 aromatic rings. The topological polar surface area (TPSA) is 156 Å². The predicted molar refractivity (Wildman–Crippen MR) is 194 cm³/mol. The highest BCUT2D eigenvalue weighted by atomic mass is 79.9. The van der Waals surface area contributed by atoms with Crippen LogP contribution in [0.4, 0.5) is 4.79 Å². The third kappa shape index (κ3) is 8.87. The average molecular weight is 766 g/mol. The number of aliphatic carboxylic acids is 1. The summed E-state index contributed by atoms with van der Waals surface area (Å²) in [4.78, 5) is 42.4. The van der Waals surface area contributed by atoms with Crippen molar-refractivity contribution in [2.45, 2.75) is 176 Å². The number of rotatable bonds is 5. The van der Waals surface area contributed by atoms with Gasteiger partial charge in [-0.05, 0) is 103 Å². The lowest BCUT2D eigenvalue weighted by molar-refractivity contribution is -0.143. The Balaban J connectivity index is 1.26. The van der Waals surface area contributed by atoms with Crippen molar-refractivity contribution in [2.75, 3.05) is 6.54 Å². The van der Waals surface area contributed by atoms with E-state index in [1.807, 2.05) is 12.2 Å². The molecule has 3 aliphatic heterocycles. The van der Waals surface area contributed by atoms with Gasteiger partial charge in [0, 0.05) is 29.4 Å². The fraction of sp³-hybridized carbons (Fsp3) is 0.865. The van der Waals surface area contributed by atoms with Crippen LogP contribution in [0.15, 0.2) is 12.2 Å². The summed E-state index contributed by atoms with van der Waals surface area (Å²) >= 11 is 3.84. The number of carbonyl (C=O) groups is 3. The first-order valence-electron chi connectivity index (χ1n) is 19.5. The van der Waals surface area contributed by atoms with E-state index in [9.17, 15) is 24.6 Å². The number of alkyl halides is 1. The first kappa shape index (κ1) is 38.0. The number of aliphatic hydroxyl groups is 1. The number of nitrogens with one attached hydrogen (secondary N) is 4. The number of carbonyl (C=O) groups excluding carboxylic acids is 2. The van der Waals surface area contributed by atoms with Gasteiger partial charge in [-0.1, -0.05) is 60.2 Å². The average Bonchev–Trinajstić information content (AvgIpc) is 3.38. The van der Waals surface area contributed by atoms with Gasteiger partial charge in [0.2, 0.25) is 5.91 Å². The molecule has 6 aliphatic rings. The van der Waals surface area contributed by atoms with E-state index >= 15 is 0 Å². The van der Waals surface area contributed by atoms with Crippen LogP contribution in [0.5, 0.6) is 0 Å². The van der Waals surface area contributed by atoms with E-state index in [0.29, 0.717) is 48.5 Å². The molecule has 2 amide bonds. The van der Waals surface area contributed by atoms with Crippen molar-refractivity contribution in [3.05, 3.63) is 12.2 Å². The fourth-order valence-electron chi connectivity index (χ4n) is 9.35. The van der Waals surface area contributed by atoms with Crippen molar-refractivity contribution in [3.63, 3.8) is 0 Å². The van der Waals surface area contributed by atoms with Crippen molar-refractivity contribution >= 4 is 33.9 Å². The van der Waals surface area contributed by atoms with Gasteiger partial charge in [0.25, 0.3) is 0 Å². The number of aliphatic hydroxyl groups excluding tert-OH is 1. The normalized spacial score (nSPS) is 40.2. The largest absolute Gasteiger partial charge is 0.480 e. The van der Waals surface area contributed by atoms with Crippen LogP contribution in [-0.4, -0.2) is 97.1 Å². The molecule has 3 heterocycles. The third-order valence-electron chi connectivity index (χ3n) is 12.2. The number of nitrogens with zero attached hydrogens (tertiary/aromatic N) is 2. The molecule has 0 bridgehead atoms. The molecule has 50 heavy (non-hydrogen) atoms. The maximum Gasteiger partial charge on any atom is 0.408 e. The number of amides is 2. The first-order valence-corrected chi connectivity index (χ1v) is 20.4. The van der Waals surface area contributed by atoms with Crippen molar-refractivity contribution in [2.24, 2.45) is 17.8 Å². The second-order valence-corrected chi connectivity index (χ2v) is 18.3. The van der Waals surface area contributed by atoms with Crippen LogP contribution in [0.3, 0.4) is 0 Å². The van der Waals surface area contributed by atoms with Gasteiger partial charge in [0.05, 0.1) is 12.1 Å². The molecule has 2 saturated heterocycles. The quantitative estimate of drug-likeness (QED) is 0.171. The van der Waals surface area contributed by atoms with Crippen LogP contribution in [0.1, 0.15) is 124 Å². The maximum absolute atomic E-state index is 14.6. The van der Waals surface area contributed by atoms with Crippen molar-refractivity contribution in [1.29, 1.82) is 0 Å². The maximum atomic E-state index is 14.6. The number of carboxylic acid groups (broad SMARTS) is 1. The number of hydrogen-bond donors (Lipinski definition) is 6. The Morgan fingerprint density at radius 2 is 1.60 bits per heavy atom. The standard InChI is InChI=1S/C37H61BrN6O6/c1-36(2,3)50-35(49)39-28-15-11-6-4-5-10-14-25-21-37(25,34(47)48)40-32(45)29-20-27(22-43(29)33(28)46)44-41-30(23-12-8-7-9-13-23)31(42-44)24-16-18-26(38)19-17-24/h10,14,23-32,40-42,45H,4-9,11-13,15-22H2,1-3H3,(H,39,49)(H,47,48)/b14-10-/t24?,25-,26?,27?,28-,29+,30?,31?,32+,37+/m1/s1. The Morgan fingerprint density at radius 3 is 2.26 bits per heavy atom. The first-order chi connectivity index (χ1) is 23.8. The molecule has 13 heteroatoms. The van der Waals surface area contributed by atoms with Crippen molar-refractivity contribution < 1.29 is 29.3 Å². The zero-order valence-corrected chi connectivity index (χ0v) is 31.8. The minimum absolute atomic E-state index is 0.166. The molecule has 3 unspecified atom stereocenters. The highest BCUT2D eigenvalue weighted by Crippen LogP contribution is 2.46. The molecule has 6 N–H and O–H groups in total. The number of halogens is 1. The van der Waals surface area contributed by atoms with E-state index in [1.54, 1.807) is 25.7 Å². The molecule has 12 nitrogen and oxygen atoms in total. The van der Waals surface area contributed by atoms with E-state index in [1.165, 1.54) is 44.9 Å². The van der Waals surface area contributed by atoms with E-state index in [0.717, 1.165) is 38.5 Å². The second-order valence-electron chi connectivity index (χ2n) is 17.0. The Kier molecular flexibility index (Phi) is 12.2. The van der Waals surface area contributed by atoms with E-state index in [4.69, 9.17) is 4.74 Å². The molecular formula is C37H61BrN6O6. The fourth-order valence-corrected chi connectivity index (χ4v) is 9.88. The molecule has 6 rings (SSSR count). The number of allylic oxidation sites excluding steroid dienone is 1. The number of alkyl carbamates (subject to hydrolysis) is 1. The van der Waals surface area contributed by atoms with Gasteiger partial charge in [-0.2, -0.15) is 5.12 Å². The number of hydrazine groups is 2. The number of carboxylic acids is 1. The second kappa shape index (κ2) is 16.1. The molecule has 0 radical (unpaired) electrons. The third-order valence-corrected chi connectivity index (χ3v) is 13.1. The van der Waals surface area contributed by atoms with Gasteiger partial charge in [0.1, 0.15) is 23.4 Å². The predicted octanol–water partition coefficient (Wildman–Crippen LogP) is 4.72. The Morgan fingerprint density at radius 1 is 0.960 bits per heavy atom. The van der Waals surface area contributed by atoms with Gasteiger partial charge in [-0.3, -0.25) is 14.9 Å². The minimum atomic E-state index is -1.27. The van der Waals surface area contributed by atoms with Crippen molar-refractivity contribution in [3.8, 4) is 0 Å². The zero-order valence-electron chi connectivity index (χ0n) is 30.2. The lowest BCUT2D eigenvalue weighted by Crippen LogP contribution is -2.58. The van der Waals surface area contributed by atoms with Gasteiger partial charge in [0.15, 0.2) is 0 Å². The molecule has 0 aromatic carbocycles. The minimum Gasteiger partial charge on any atom is -0.480 e. The summed E-state index contributed by atoms with van der Waals surface area (Å²) in [6.45, 7) is 5.71. The number of fused-ring (bicyclic) bond motifs is 2. The molecule has 8 atom stereocenters. The van der Waals surface area contributed by atoms with E-state index in [-0.39, 0.29) is 23.9 Å². The van der Waals surface area contributed by atoms with Gasteiger partial charge >= 0.3 is 12.1 Å². The summed E-state index contributed by atoms with van der Waals surface area (Å²) < 4.78 is 5.57. The SMILES string of the molecule is CC(C)(C)OC(=O)N[C@@H]1CCCCC/C=C\[C@@H]2C[C@]2(C(=O)O)N[C@@H](O)[C@@H]2CC(N3NC(C4CCCCC4)C(C4CCC(Br)CC4)N3)CN2C1=O. The molecule has 3 saturated carbocycles. The van der Waals surface area contributed by atoms with Crippen LogP contribution in [0, 0.1) is 17.8 Å². The summed E-state index contributed by atoms with van der Waals surface area (Å²) in [6, 6.07) is -1.12. The molecular weight excluding hydrogens is 704 g/mol. The summed E-state index contributed by atoms with van der Waals surface area (Å²) in [5.41, 5.74) is 5.78. The zero-order chi connectivity index (χ0) is 35.6. The molecule has 5 fully saturated rings. The Bertz CT molecular complexity index is 1240. The molecule has 0 aromatic heterocycles. The molecule has 3 aliphatic carbocycles. The number of hydrogen-bond acceptors (Lipinski definition) is 9. The van der Waals surface area contributed by atoms with E-state index < -0.39 is 41.5 Å². The van der Waals surface area contributed by atoms with Crippen LogP contribution in [0.25, 0.3) is 0 Å². The number of ether oxygens (including phenoxy) is 1. The van der Waals surface area contributed by atoms with Crippen molar-refractivity contribution in [1.82, 2.24) is 31.5 Å². The van der Waals surface area contributed by atoms with Crippen LogP contribution in [0.2, 0.25) is 0 Å². The summed E-state index contributed by atoms with van der Waals surface area (Å²) in [6.07, 6.45) is 17.6. The summed E-state index contributed by atoms with van der Waals surface area (Å²) in [5, 5.41) is 30.2. The van der Waals surface area contributed by atoms with Crippen LogP contribution < -0.4 is 21.5 Å². The Hall–Kier alpha value is -1.77. The van der Waals surface area contributed by atoms with Crippen LogP contribution in [-0.2, 0) is 14.3 Å². The Labute approximate surface area is 306 Å². The lowest BCUT2D eigenvalue weighted by Gasteiger charge is -2.36. The highest BCUT2D eigenvalue weighted by Gasteiger charge is 2.61. The highest BCUT2D eigenvalue weighted by molar-refractivity contribution is 9.09. The monoisotopic (exact) mass is 764 g/mol. The summed E-state index contributed by atoms with van der Waals surface area (Å²) in [5.74, 6) is -0.370. The smallest absolute Gasteiger partial charge is 0.408 e. The lowest BCUT2D eigenvalue weighted by atomic mass is 9.75. The molecule has 282 valence electrons.